The molecule has 6 heteroatoms. The van der Waals surface area contributed by atoms with Gasteiger partial charge in [-0.1, -0.05) is 13.3 Å². The van der Waals surface area contributed by atoms with Crippen molar-refractivity contribution in [2.24, 2.45) is 5.41 Å². The molecular formula is C15H23N3O3. The molecule has 1 saturated heterocycles. The first-order chi connectivity index (χ1) is 9.90. The molecule has 0 bridgehead atoms. The molecule has 0 radical (unpaired) electrons. The van der Waals surface area contributed by atoms with Gasteiger partial charge in [-0.25, -0.2) is 4.98 Å². The fourth-order valence-electron chi connectivity index (χ4n) is 3.09. The third-order valence-corrected chi connectivity index (χ3v) is 4.33. The Labute approximate surface area is 124 Å². The van der Waals surface area contributed by atoms with Gasteiger partial charge in [-0.15, -0.1) is 0 Å². The lowest BCUT2D eigenvalue weighted by Crippen LogP contribution is -2.55. The van der Waals surface area contributed by atoms with Crippen molar-refractivity contribution in [2.45, 2.75) is 46.1 Å². The second-order valence-corrected chi connectivity index (χ2v) is 5.84. The summed E-state index contributed by atoms with van der Waals surface area (Å²) in [6, 6.07) is 0. The van der Waals surface area contributed by atoms with Crippen LogP contribution in [0.3, 0.4) is 0 Å². The normalized spacial score (nSPS) is 25.9. The second-order valence-electron chi connectivity index (χ2n) is 5.84. The average Bonchev–Trinajstić information content (AvgIpc) is 2.43. The third-order valence-electron chi connectivity index (χ3n) is 4.33. The van der Waals surface area contributed by atoms with E-state index in [2.05, 4.69) is 9.97 Å². The molecule has 1 aromatic rings. The zero-order valence-corrected chi connectivity index (χ0v) is 12.8. The number of carboxylic acids is 1. The van der Waals surface area contributed by atoms with Gasteiger partial charge in [-0.3, -0.25) is 9.78 Å². The van der Waals surface area contributed by atoms with E-state index in [1.54, 1.807) is 6.20 Å². The summed E-state index contributed by atoms with van der Waals surface area (Å²) in [5.74, 6) is -0.159. The Morgan fingerprint density at radius 3 is 2.81 bits per heavy atom. The maximum atomic E-state index is 11.6. The number of aryl methyl sites for hydroxylation is 2. The van der Waals surface area contributed by atoms with E-state index in [1.807, 2.05) is 25.7 Å². The Kier molecular flexibility index (Phi) is 4.46. The summed E-state index contributed by atoms with van der Waals surface area (Å²) < 4.78 is 0. The number of aliphatic hydroxyl groups excluding tert-OH is 1. The van der Waals surface area contributed by atoms with E-state index in [9.17, 15) is 15.0 Å². The summed E-state index contributed by atoms with van der Waals surface area (Å²) in [6.45, 7) is 6.54. The lowest BCUT2D eigenvalue weighted by molar-refractivity contribution is -0.159. The monoisotopic (exact) mass is 293 g/mol. The van der Waals surface area contributed by atoms with E-state index >= 15 is 0 Å². The van der Waals surface area contributed by atoms with Crippen LogP contribution in [0.25, 0.3) is 0 Å². The van der Waals surface area contributed by atoms with Crippen LogP contribution < -0.4 is 4.90 Å². The van der Waals surface area contributed by atoms with Crippen molar-refractivity contribution < 1.29 is 15.0 Å². The molecule has 0 aromatic carbocycles. The Morgan fingerprint density at radius 2 is 2.24 bits per heavy atom. The number of carbonyl (C=O) groups is 1. The van der Waals surface area contributed by atoms with Gasteiger partial charge in [-0.2, -0.15) is 0 Å². The van der Waals surface area contributed by atoms with Crippen LogP contribution in [-0.4, -0.2) is 45.3 Å². The molecule has 2 N–H and O–H groups in total. The number of hydrogen-bond acceptors (Lipinski definition) is 5. The van der Waals surface area contributed by atoms with E-state index in [0.717, 1.165) is 23.6 Å². The summed E-state index contributed by atoms with van der Waals surface area (Å²) in [6.07, 6.45) is 2.47. The largest absolute Gasteiger partial charge is 0.481 e. The van der Waals surface area contributed by atoms with Crippen LogP contribution in [-0.2, 0) is 4.79 Å². The van der Waals surface area contributed by atoms with Crippen LogP contribution in [0.4, 0.5) is 5.82 Å². The highest BCUT2D eigenvalue weighted by Crippen LogP contribution is 2.38. The van der Waals surface area contributed by atoms with Gasteiger partial charge < -0.3 is 15.1 Å². The topological polar surface area (TPSA) is 86.5 Å². The van der Waals surface area contributed by atoms with Crippen molar-refractivity contribution in [1.29, 1.82) is 0 Å². The Balaban J connectivity index is 2.24. The van der Waals surface area contributed by atoms with Crippen LogP contribution in [0.2, 0.25) is 0 Å². The molecule has 0 aliphatic carbocycles. The van der Waals surface area contributed by atoms with E-state index in [4.69, 9.17) is 0 Å². The van der Waals surface area contributed by atoms with Crippen LogP contribution in [0.1, 0.15) is 37.6 Å². The summed E-state index contributed by atoms with van der Waals surface area (Å²) in [4.78, 5) is 22.3. The lowest BCUT2D eigenvalue weighted by Gasteiger charge is -2.43. The van der Waals surface area contributed by atoms with Crippen LogP contribution in [0.15, 0.2) is 6.20 Å². The number of aliphatic carboxylic acids is 1. The molecule has 2 atom stereocenters. The summed E-state index contributed by atoms with van der Waals surface area (Å²) in [7, 11) is 0. The molecule has 1 aromatic heterocycles. The molecule has 1 aliphatic rings. The van der Waals surface area contributed by atoms with Gasteiger partial charge in [0.05, 0.1) is 22.9 Å². The molecule has 1 aliphatic heterocycles. The van der Waals surface area contributed by atoms with Gasteiger partial charge in [0.1, 0.15) is 5.82 Å². The molecule has 116 valence electrons. The smallest absolute Gasteiger partial charge is 0.312 e. The predicted molar refractivity (Wildman–Crippen MR) is 79.3 cm³/mol. The first-order valence-corrected chi connectivity index (χ1v) is 7.37. The Hall–Kier alpha value is -1.69. The zero-order valence-electron chi connectivity index (χ0n) is 12.8. The van der Waals surface area contributed by atoms with E-state index < -0.39 is 17.5 Å². The molecule has 0 amide bonds. The van der Waals surface area contributed by atoms with Gasteiger partial charge in [0.15, 0.2) is 0 Å². The molecule has 21 heavy (non-hydrogen) atoms. The number of carboxylic acid groups (broad SMARTS) is 1. The minimum atomic E-state index is -1.03. The molecule has 1 fully saturated rings. The maximum absolute atomic E-state index is 11.6. The molecule has 0 saturated carbocycles. The van der Waals surface area contributed by atoms with Crippen LogP contribution >= 0.6 is 0 Å². The number of nitrogens with zero attached hydrogens (tertiary/aromatic N) is 3. The van der Waals surface area contributed by atoms with Crippen molar-refractivity contribution >= 4 is 11.8 Å². The summed E-state index contributed by atoms with van der Waals surface area (Å²) in [5.41, 5.74) is 0.580. The third kappa shape index (κ3) is 2.85. The van der Waals surface area contributed by atoms with Crippen molar-refractivity contribution in [2.75, 3.05) is 18.0 Å². The van der Waals surface area contributed by atoms with Gasteiger partial charge in [-0.05, 0) is 26.7 Å². The van der Waals surface area contributed by atoms with Crippen LogP contribution in [0, 0.1) is 19.3 Å². The quantitative estimate of drug-likeness (QED) is 0.875. The lowest BCUT2D eigenvalue weighted by atomic mass is 9.73. The minimum absolute atomic E-state index is 0.283. The SMILES string of the molecule is CCC[C@]1(C(=O)O)CCN(c2nc(C)cnc2C)C[C@H]1O. The van der Waals surface area contributed by atoms with Gasteiger partial charge >= 0.3 is 5.97 Å². The van der Waals surface area contributed by atoms with Gasteiger partial charge in [0.25, 0.3) is 0 Å². The van der Waals surface area contributed by atoms with E-state index in [-0.39, 0.29) is 6.54 Å². The summed E-state index contributed by atoms with van der Waals surface area (Å²) >= 11 is 0. The van der Waals surface area contributed by atoms with Crippen molar-refractivity contribution in [3.8, 4) is 0 Å². The van der Waals surface area contributed by atoms with Gasteiger partial charge in [0, 0.05) is 19.3 Å². The number of aliphatic hydroxyl groups is 1. The second kappa shape index (κ2) is 5.97. The molecule has 2 rings (SSSR count). The first kappa shape index (κ1) is 15.7. The fraction of sp³-hybridized carbons (Fsp3) is 0.667. The minimum Gasteiger partial charge on any atom is -0.481 e. The van der Waals surface area contributed by atoms with Crippen molar-refractivity contribution in [1.82, 2.24) is 9.97 Å². The Morgan fingerprint density at radius 1 is 1.52 bits per heavy atom. The highest BCUT2D eigenvalue weighted by Gasteiger charge is 2.48. The van der Waals surface area contributed by atoms with Gasteiger partial charge in [0.2, 0.25) is 0 Å². The number of piperidine rings is 1. The number of β-amino-alcohol motifs (C(OH)–C–C–N with tert-alkyl or cyclic N) is 1. The summed E-state index contributed by atoms with van der Waals surface area (Å²) in [5, 5.41) is 20.0. The van der Waals surface area contributed by atoms with Crippen molar-refractivity contribution in [3.63, 3.8) is 0 Å². The zero-order chi connectivity index (χ0) is 15.6. The molecule has 0 unspecified atom stereocenters. The average molecular weight is 293 g/mol. The number of rotatable bonds is 4. The highest BCUT2D eigenvalue weighted by molar-refractivity contribution is 5.76. The molecule has 0 spiro atoms. The maximum Gasteiger partial charge on any atom is 0.312 e. The molecule has 2 heterocycles. The molecule has 6 nitrogen and oxygen atoms in total. The number of aromatic nitrogens is 2. The van der Waals surface area contributed by atoms with E-state index in [0.29, 0.717) is 19.4 Å². The standard InChI is InChI=1S/C15H23N3O3/c1-4-5-15(14(20)21)6-7-18(9-12(15)19)13-11(3)16-8-10(2)17-13/h8,12,19H,4-7,9H2,1-3H3,(H,20,21)/t12-,15+/m1/s1. The van der Waals surface area contributed by atoms with E-state index in [1.165, 1.54) is 0 Å². The molecular weight excluding hydrogens is 270 g/mol. The first-order valence-electron chi connectivity index (χ1n) is 7.37. The predicted octanol–water partition coefficient (Wildman–Crippen LogP) is 1.54. The van der Waals surface area contributed by atoms with Crippen LogP contribution in [0.5, 0.6) is 0 Å². The Bertz CT molecular complexity index is 535. The fourth-order valence-corrected chi connectivity index (χ4v) is 3.09. The van der Waals surface area contributed by atoms with Crippen molar-refractivity contribution in [3.05, 3.63) is 17.6 Å². The number of anilines is 1. The number of hydrogen-bond donors (Lipinski definition) is 2. The highest BCUT2D eigenvalue weighted by atomic mass is 16.4.